The molecule has 0 saturated heterocycles. The number of aryl methyl sites for hydroxylation is 1. The van der Waals surface area contributed by atoms with Crippen molar-refractivity contribution in [3.63, 3.8) is 0 Å². The van der Waals surface area contributed by atoms with Gasteiger partial charge in [0.05, 0.1) is 10.6 Å². The molecule has 1 aromatic heterocycles. The first-order valence-electron chi connectivity index (χ1n) is 11.1. The van der Waals surface area contributed by atoms with Gasteiger partial charge >= 0.3 is 0 Å². The van der Waals surface area contributed by atoms with Crippen LogP contribution in [0.25, 0.3) is 16.9 Å². The van der Waals surface area contributed by atoms with Crippen molar-refractivity contribution in [3.05, 3.63) is 59.8 Å². The van der Waals surface area contributed by atoms with Crippen molar-refractivity contribution in [2.45, 2.75) is 25.7 Å². The van der Waals surface area contributed by atoms with Crippen LogP contribution >= 0.6 is 0 Å². The van der Waals surface area contributed by atoms with Crippen molar-refractivity contribution < 1.29 is 13.2 Å². The third kappa shape index (κ3) is 4.02. The molecule has 0 atom stereocenters. The van der Waals surface area contributed by atoms with E-state index in [1.54, 1.807) is 28.9 Å². The predicted octanol–water partition coefficient (Wildman–Crippen LogP) is 3.06. The van der Waals surface area contributed by atoms with Crippen LogP contribution in [0.4, 0.5) is 5.69 Å². The highest BCUT2D eigenvalue weighted by molar-refractivity contribution is 7.93. The zero-order valence-electron chi connectivity index (χ0n) is 19.4. The van der Waals surface area contributed by atoms with Gasteiger partial charge in [0.1, 0.15) is 11.4 Å². The fourth-order valence-corrected chi connectivity index (χ4v) is 5.48. The first kappa shape index (κ1) is 23.0. The van der Waals surface area contributed by atoms with E-state index in [1.165, 1.54) is 11.4 Å². The molecule has 2 heterocycles. The number of benzene rings is 2. The average molecular weight is 468 g/mol. The zero-order chi connectivity index (χ0) is 23.8. The van der Waals surface area contributed by atoms with E-state index in [4.69, 9.17) is 0 Å². The largest absolute Gasteiger partial charge is 0.349 e. The van der Waals surface area contributed by atoms with Gasteiger partial charge in [-0.1, -0.05) is 49.7 Å². The van der Waals surface area contributed by atoms with Crippen LogP contribution in [-0.2, 0) is 10.0 Å². The SMILES string of the molecule is CCN(CC)CCNC(=O)c1nn(-c2ccc(C)cc2)c2c1N(C)S(=O)(=O)c1ccccc1-2. The van der Waals surface area contributed by atoms with E-state index in [9.17, 15) is 13.2 Å². The minimum atomic E-state index is -3.82. The molecule has 0 spiro atoms. The second kappa shape index (κ2) is 8.99. The van der Waals surface area contributed by atoms with Gasteiger partial charge in [-0.25, -0.2) is 13.1 Å². The summed E-state index contributed by atoms with van der Waals surface area (Å²) in [5.41, 5.74) is 3.33. The number of nitrogens with one attached hydrogen (secondary N) is 1. The summed E-state index contributed by atoms with van der Waals surface area (Å²) in [7, 11) is -2.35. The molecular weight excluding hydrogens is 438 g/mol. The summed E-state index contributed by atoms with van der Waals surface area (Å²) in [6, 6.07) is 14.6. The van der Waals surface area contributed by atoms with Crippen LogP contribution in [0.1, 0.15) is 29.9 Å². The zero-order valence-corrected chi connectivity index (χ0v) is 20.2. The van der Waals surface area contributed by atoms with Gasteiger partial charge in [0.25, 0.3) is 15.9 Å². The fourth-order valence-electron chi connectivity index (χ4n) is 4.08. The first-order valence-corrected chi connectivity index (χ1v) is 12.5. The van der Waals surface area contributed by atoms with Crippen molar-refractivity contribution in [1.82, 2.24) is 20.0 Å². The second-order valence-corrected chi connectivity index (χ2v) is 9.98. The Balaban J connectivity index is 1.85. The average Bonchev–Trinajstić information content (AvgIpc) is 3.22. The van der Waals surface area contributed by atoms with Crippen LogP contribution in [-0.4, -0.2) is 62.2 Å². The van der Waals surface area contributed by atoms with Crippen LogP contribution in [0.3, 0.4) is 0 Å². The Labute approximate surface area is 194 Å². The van der Waals surface area contributed by atoms with E-state index in [2.05, 4.69) is 29.2 Å². The maximum absolute atomic E-state index is 13.3. The quantitative estimate of drug-likeness (QED) is 0.577. The lowest BCUT2D eigenvalue weighted by atomic mass is 10.1. The number of hydrogen-bond acceptors (Lipinski definition) is 5. The Morgan fingerprint density at radius 3 is 2.39 bits per heavy atom. The molecule has 0 aliphatic carbocycles. The molecule has 8 nitrogen and oxygen atoms in total. The number of hydrogen-bond donors (Lipinski definition) is 1. The third-order valence-electron chi connectivity index (χ3n) is 6.06. The monoisotopic (exact) mass is 467 g/mol. The normalized spacial score (nSPS) is 14.2. The lowest BCUT2D eigenvalue weighted by Gasteiger charge is -2.27. The van der Waals surface area contributed by atoms with Crippen molar-refractivity contribution >= 4 is 21.6 Å². The topological polar surface area (TPSA) is 87.5 Å². The van der Waals surface area contributed by atoms with Gasteiger partial charge in [0, 0.05) is 25.7 Å². The summed E-state index contributed by atoms with van der Waals surface area (Å²) in [6.45, 7) is 9.07. The van der Waals surface area contributed by atoms with E-state index >= 15 is 0 Å². The molecule has 4 rings (SSSR count). The van der Waals surface area contributed by atoms with Crippen molar-refractivity contribution in [1.29, 1.82) is 0 Å². The minimum absolute atomic E-state index is 0.0886. The summed E-state index contributed by atoms with van der Waals surface area (Å²) in [4.78, 5) is 15.6. The predicted molar refractivity (Wildman–Crippen MR) is 129 cm³/mol. The lowest BCUT2D eigenvalue weighted by molar-refractivity contribution is 0.0944. The first-order chi connectivity index (χ1) is 15.8. The maximum atomic E-state index is 13.3. The second-order valence-electron chi connectivity index (χ2n) is 8.04. The summed E-state index contributed by atoms with van der Waals surface area (Å²) in [5.74, 6) is -0.398. The van der Waals surface area contributed by atoms with Crippen molar-refractivity contribution in [3.8, 4) is 16.9 Å². The van der Waals surface area contributed by atoms with Gasteiger partial charge in [-0.2, -0.15) is 5.10 Å². The van der Waals surface area contributed by atoms with Gasteiger partial charge in [0.15, 0.2) is 5.69 Å². The number of anilines is 1. The highest BCUT2D eigenvalue weighted by atomic mass is 32.2. The summed E-state index contributed by atoms with van der Waals surface area (Å²) in [5, 5.41) is 7.55. The molecule has 2 aromatic carbocycles. The van der Waals surface area contributed by atoms with E-state index in [1.807, 2.05) is 31.2 Å². The van der Waals surface area contributed by atoms with Crippen LogP contribution in [0.5, 0.6) is 0 Å². The molecule has 0 radical (unpaired) electrons. The number of aromatic nitrogens is 2. The highest BCUT2D eigenvalue weighted by Gasteiger charge is 2.39. The Morgan fingerprint density at radius 1 is 1.06 bits per heavy atom. The molecule has 1 aliphatic rings. The van der Waals surface area contributed by atoms with E-state index in [0.717, 1.165) is 24.3 Å². The number of rotatable bonds is 7. The Bertz CT molecular complexity index is 1280. The maximum Gasteiger partial charge on any atom is 0.274 e. The van der Waals surface area contributed by atoms with Crippen LogP contribution < -0.4 is 9.62 Å². The lowest BCUT2D eigenvalue weighted by Crippen LogP contribution is -2.36. The van der Waals surface area contributed by atoms with Crippen LogP contribution in [0.15, 0.2) is 53.4 Å². The summed E-state index contributed by atoms with van der Waals surface area (Å²) >= 11 is 0. The molecule has 0 unspecified atom stereocenters. The highest BCUT2D eigenvalue weighted by Crippen LogP contribution is 2.45. The molecule has 1 N–H and O–H groups in total. The number of amides is 1. The molecule has 3 aromatic rings. The molecule has 1 amide bonds. The molecule has 0 bridgehead atoms. The van der Waals surface area contributed by atoms with E-state index < -0.39 is 15.9 Å². The molecule has 33 heavy (non-hydrogen) atoms. The number of carbonyl (C=O) groups is 1. The smallest absolute Gasteiger partial charge is 0.274 e. The number of likely N-dealkylation sites (N-methyl/N-ethyl adjacent to an activating group) is 1. The van der Waals surface area contributed by atoms with Crippen LogP contribution in [0, 0.1) is 6.92 Å². The Kier molecular flexibility index (Phi) is 6.27. The van der Waals surface area contributed by atoms with Gasteiger partial charge in [-0.15, -0.1) is 0 Å². The summed E-state index contributed by atoms with van der Waals surface area (Å²) in [6.07, 6.45) is 0. The third-order valence-corrected chi connectivity index (χ3v) is 7.87. The standard InChI is InChI=1S/C24H29N5O3S/c1-5-28(6-2)16-15-25-24(30)21-23-22(29(26-21)18-13-11-17(3)12-14-18)19-9-7-8-10-20(19)33(31,32)27(23)4/h7-14H,5-6,15-16H2,1-4H3,(H,25,30). The van der Waals surface area contributed by atoms with Gasteiger partial charge in [-0.3, -0.25) is 9.10 Å². The molecule has 174 valence electrons. The number of sulfonamides is 1. The Hall–Kier alpha value is -3.17. The van der Waals surface area contributed by atoms with Crippen molar-refractivity contribution in [2.75, 3.05) is 37.5 Å². The molecular formula is C24H29N5O3S. The molecule has 1 aliphatic heterocycles. The number of fused-ring (bicyclic) bond motifs is 3. The summed E-state index contributed by atoms with van der Waals surface area (Å²) < 4.78 is 29.4. The van der Waals surface area contributed by atoms with Gasteiger partial charge in [0.2, 0.25) is 0 Å². The van der Waals surface area contributed by atoms with Gasteiger partial charge < -0.3 is 10.2 Å². The van der Waals surface area contributed by atoms with Gasteiger partial charge in [-0.05, 0) is 38.2 Å². The Morgan fingerprint density at radius 2 is 1.73 bits per heavy atom. The van der Waals surface area contributed by atoms with E-state index in [0.29, 0.717) is 24.3 Å². The minimum Gasteiger partial charge on any atom is -0.349 e. The number of nitrogens with zero attached hydrogens (tertiary/aromatic N) is 4. The van der Waals surface area contributed by atoms with Crippen LogP contribution in [0.2, 0.25) is 0 Å². The fraction of sp³-hybridized carbons (Fsp3) is 0.333. The molecule has 0 saturated carbocycles. The molecule has 9 heteroatoms. The van der Waals surface area contributed by atoms with E-state index in [-0.39, 0.29) is 16.3 Å². The van der Waals surface area contributed by atoms with Crippen molar-refractivity contribution in [2.24, 2.45) is 0 Å². The molecule has 0 fully saturated rings. The number of carbonyl (C=O) groups excluding carboxylic acids is 1.